The standard InChI is InChI=1S/C21H25ClN2O.CH4/c1-15-13-21(2,3)11-12-24(14-15)20(25)19-10-6-9-18(23-19)16-7-4-5-8-17(16)22;/h4-10,15H,11-14H2,1-3H3;1H4/t15-;/m1./s1. The smallest absolute Gasteiger partial charge is 0.272 e. The molecule has 3 rings (SSSR count). The summed E-state index contributed by atoms with van der Waals surface area (Å²) < 4.78 is 0. The van der Waals surface area contributed by atoms with Gasteiger partial charge in [0.2, 0.25) is 0 Å². The van der Waals surface area contributed by atoms with Crippen molar-refractivity contribution < 1.29 is 4.79 Å². The number of carbonyl (C=O) groups excluding carboxylic acids is 1. The predicted octanol–water partition coefficient (Wildman–Crippen LogP) is 5.94. The molecular weight excluding hydrogens is 344 g/mol. The monoisotopic (exact) mass is 372 g/mol. The second-order valence-corrected chi connectivity index (χ2v) is 8.27. The molecule has 0 radical (unpaired) electrons. The Kier molecular flexibility index (Phi) is 6.46. The molecule has 0 saturated carbocycles. The van der Waals surface area contributed by atoms with Gasteiger partial charge in [0.05, 0.1) is 5.69 Å². The first kappa shape index (κ1) is 20.4. The molecule has 0 N–H and O–H groups in total. The number of halogens is 1. The lowest BCUT2D eigenvalue weighted by Crippen LogP contribution is -2.34. The highest BCUT2D eigenvalue weighted by Gasteiger charge is 2.30. The molecule has 1 aliphatic rings. The molecule has 1 atom stereocenters. The van der Waals surface area contributed by atoms with Crippen molar-refractivity contribution >= 4 is 17.5 Å². The second-order valence-electron chi connectivity index (χ2n) is 7.86. The third-order valence-electron chi connectivity index (χ3n) is 4.90. The van der Waals surface area contributed by atoms with Gasteiger partial charge in [-0.15, -0.1) is 0 Å². The van der Waals surface area contributed by atoms with Crippen molar-refractivity contribution in [2.75, 3.05) is 13.1 Å². The minimum atomic E-state index is 0. The van der Waals surface area contributed by atoms with Gasteiger partial charge in [-0.25, -0.2) is 4.98 Å². The minimum absolute atomic E-state index is 0. The van der Waals surface area contributed by atoms with E-state index in [1.165, 1.54) is 0 Å². The fourth-order valence-corrected chi connectivity index (χ4v) is 3.97. The third-order valence-corrected chi connectivity index (χ3v) is 5.23. The summed E-state index contributed by atoms with van der Waals surface area (Å²) in [5.41, 5.74) is 2.36. The van der Waals surface area contributed by atoms with Gasteiger partial charge in [0.1, 0.15) is 5.69 Å². The number of hydrogen-bond acceptors (Lipinski definition) is 2. The van der Waals surface area contributed by atoms with Crippen molar-refractivity contribution in [1.82, 2.24) is 9.88 Å². The number of likely N-dealkylation sites (tertiary alicyclic amines) is 1. The van der Waals surface area contributed by atoms with Crippen LogP contribution in [0.25, 0.3) is 11.3 Å². The van der Waals surface area contributed by atoms with Gasteiger partial charge in [0.25, 0.3) is 5.91 Å². The zero-order valence-corrected chi connectivity index (χ0v) is 15.9. The first-order chi connectivity index (χ1) is 11.9. The fraction of sp³-hybridized carbons (Fsp3) is 0.455. The van der Waals surface area contributed by atoms with Crippen LogP contribution in [0, 0.1) is 11.3 Å². The highest BCUT2D eigenvalue weighted by Crippen LogP contribution is 2.33. The summed E-state index contributed by atoms with van der Waals surface area (Å²) >= 11 is 6.28. The van der Waals surface area contributed by atoms with Crippen molar-refractivity contribution in [2.24, 2.45) is 11.3 Å². The molecule has 0 unspecified atom stereocenters. The average molecular weight is 373 g/mol. The minimum Gasteiger partial charge on any atom is -0.337 e. The van der Waals surface area contributed by atoms with Crippen LogP contribution in [0.3, 0.4) is 0 Å². The van der Waals surface area contributed by atoms with Crippen LogP contribution in [0.1, 0.15) is 51.5 Å². The predicted molar refractivity (Wildman–Crippen MR) is 109 cm³/mol. The Morgan fingerprint density at radius 3 is 2.65 bits per heavy atom. The summed E-state index contributed by atoms with van der Waals surface area (Å²) in [6, 6.07) is 13.2. The largest absolute Gasteiger partial charge is 0.337 e. The van der Waals surface area contributed by atoms with E-state index in [1.807, 2.05) is 41.3 Å². The Labute approximate surface area is 162 Å². The van der Waals surface area contributed by atoms with Crippen LogP contribution in [0.2, 0.25) is 5.02 Å². The van der Waals surface area contributed by atoms with Gasteiger partial charge in [-0.05, 0) is 42.4 Å². The third kappa shape index (κ3) is 4.64. The van der Waals surface area contributed by atoms with Gasteiger partial charge in [0.15, 0.2) is 0 Å². The molecule has 0 bridgehead atoms. The zero-order valence-electron chi connectivity index (χ0n) is 15.1. The Balaban J connectivity index is 0.00000243. The highest BCUT2D eigenvalue weighted by molar-refractivity contribution is 6.33. The summed E-state index contributed by atoms with van der Waals surface area (Å²) in [4.78, 5) is 19.6. The van der Waals surface area contributed by atoms with Crippen molar-refractivity contribution in [3.05, 3.63) is 53.2 Å². The lowest BCUT2D eigenvalue weighted by Gasteiger charge is -2.23. The molecule has 0 aliphatic carbocycles. The summed E-state index contributed by atoms with van der Waals surface area (Å²) in [5, 5.41) is 0.643. The number of hydrogen-bond donors (Lipinski definition) is 0. The summed E-state index contributed by atoms with van der Waals surface area (Å²) in [5.74, 6) is 0.506. The molecule has 4 heteroatoms. The number of amides is 1. The zero-order chi connectivity index (χ0) is 18.0. The second kappa shape index (κ2) is 8.22. The number of benzene rings is 1. The van der Waals surface area contributed by atoms with Gasteiger partial charge in [-0.3, -0.25) is 4.79 Å². The van der Waals surface area contributed by atoms with Crippen molar-refractivity contribution in [2.45, 2.75) is 41.0 Å². The van der Waals surface area contributed by atoms with Crippen molar-refractivity contribution in [3.63, 3.8) is 0 Å². The Bertz CT molecular complexity index is 772. The van der Waals surface area contributed by atoms with Gasteiger partial charge in [-0.1, -0.05) is 64.1 Å². The van der Waals surface area contributed by atoms with E-state index < -0.39 is 0 Å². The van der Waals surface area contributed by atoms with Crippen LogP contribution in [0.4, 0.5) is 0 Å². The molecule has 1 aliphatic heterocycles. The van der Waals surface area contributed by atoms with Crippen LogP contribution >= 0.6 is 11.6 Å². The van der Waals surface area contributed by atoms with E-state index in [4.69, 9.17) is 11.6 Å². The molecule has 1 aromatic carbocycles. The van der Waals surface area contributed by atoms with E-state index in [1.54, 1.807) is 6.07 Å². The molecule has 1 saturated heterocycles. The Morgan fingerprint density at radius 1 is 1.19 bits per heavy atom. The summed E-state index contributed by atoms with van der Waals surface area (Å²) in [6.45, 7) is 8.37. The summed E-state index contributed by atoms with van der Waals surface area (Å²) in [7, 11) is 0. The van der Waals surface area contributed by atoms with Gasteiger partial charge in [0, 0.05) is 23.7 Å². The van der Waals surface area contributed by atoms with E-state index in [9.17, 15) is 4.79 Å². The van der Waals surface area contributed by atoms with Crippen molar-refractivity contribution in [1.29, 1.82) is 0 Å². The molecular formula is C22H29ClN2O. The number of carbonyl (C=O) groups is 1. The van der Waals surface area contributed by atoms with Crippen LogP contribution in [0.5, 0.6) is 0 Å². The molecule has 2 aromatic rings. The normalized spacial score (nSPS) is 19.4. The quantitative estimate of drug-likeness (QED) is 0.653. The molecule has 1 amide bonds. The number of nitrogens with zero attached hydrogens (tertiary/aromatic N) is 2. The first-order valence-corrected chi connectivity index (χ1v) is 9.25. The van der Waals surface area contributed by atoms with E-state index in [0.717, 1.165) is 37.2 Å². The van der Waals surface area contributed by atoms with Crippen LogP contribution in [-0.2, 0) is 0 Å². The lowest BCUT2D eigenvalue weighted by molar-refractivity contribution is 0.0737. The highest BCUT2D eigenvalue weighted by atomic mass is 35.5. The number of aromatic nitrogens is 1. The van der Waals surface area contributed by atoms with Crippen LogP contribution in [0.15, 0.2) is 42.5 Å². The maximum atomic E-state index is 13.0. The Morgan fingerprint density at radius 2 is 1.92 bits per heavy atom. The molecule has 0 spiro atoms. The first-order valence-electron chi connectivity index (χ1n) is 8.87. The molecule has 1 fully saturated rings. The molecule has 2 heterocycles. The van der Waals surface area contributed by atoms with E-state index in [-0.39, 0.29) is 18.7 Å². The van der Waals surface area contributed by atoms with E-state index in [0.29, 0.717) is 16.6 Å². The Hall–Kier alpha value is -1.87. The summed E-state index contributed by atoms with van der Waals surface area (Å²) in [6.07, 6.45) is 2.16. The average Bonchev–Trinajstić information content (AvgIpc) is 2.71. The number of rotatable bonds is 2. The number of pyridine rings is 1. The fourth-order valence-electron chi connectivity index (χ4n) is 3.73. The maximum Gasteiger partial charge on any atom is 0.272 e. The van der Waals surface area contributed by atoms with Crippen molar-refractivity contribution in [3.8, 4) is 11.3 Å². The SMILES string of the molecule is C.C[C@H]1CN(C(=O)c2cccc(-c3ccccc3Cl)n2)CCC(C)(C)C1. The molecule has 26 heavy (non-hydrogen) atoms. The van der Waals surface area contributed by atoms with E-state index in [2.05, 4.69) is 25.8 Å². The topological polar surface area (TPSA) is 33.2 Å². The van der Waals surface area contributed by atoms with Gasteiger partial charge in [-0.2, -0.15) is 0 Å². The molecule has 140 valence electrons. The van der Waals surface area contributed by atoms with Crippen LogP contribution < -0.4 is 0 Å². The van der Waals surface area contributed by atoms with E-state index >= 15 is 0 Å². The van der Waals surface area contributed by atoms with Crippen LogP contribution in [-0.4, -0.2) is 28.9 Å². The van der Waals surface area contributed by atoms with Gasteiger partial charge < -0.3 is 4.90 Å². The lowest BCUT2D eigenvalue weighted by atomic mass is 9.82. The molecule has 3 nitrogen and oxygen atoms in total. The maximum absolute atomic E-state index is 13.0. The molecule has 1 aromatic heterocycles. The van der Waals surface area contributed by atoms with Gasteiger partial charge >= 0.3 is 0 Å².